The summed E-state index contributed by atoms with van der Waals surface area (Å²) in [5, 5.41) is 12.4. The number of carbonyl (C=O) groups excluding carboxylic acids is 2. The van der Waals surface area contributed by atoms with Gasteiger partial charge in [-0.1, -0.05) is 12.1 Å². The second kappa shape index (κ2) is 8.09. The summed E-state index contributed by atoms with van der Waals surface area (Å²) >= 11 is 0. The van der Waals surface area contributed by atoms with Crippen molar-refractivity contribution in [3.05, 3.63) is 35.6 Å². The zero-order valence-electron chi connectivity index (χ0n) is 14.2. The molecular weight excluding hydrogens is 346 g/mol. The van der Waals surface area contributed by atoms with Crippen LogP contribution >= 0.6 is 0 Å². The molecule has 2 N–H and O–H groups in total. The molecule has 2 amide bonds. The van der Waals surface area contributed by atoms with E-state index in [0.717, 1.165) is 0 Å². The van der Waals surface area contributed by atoms with Crippen LogP contribution in [0.3, 0.4) is 0 Å². The van der Waals surface area contributed by atoms with E-state index in [4.69, 9.17) is 4.74 Å². The van der Waals surface area contributed by atoms with Gasteiger partial charge in [-0.2, -0.15) is 0 Å². The van der Waals surface area contributed by atoms with Gasteiger partial charge in [0.25, 0.3) is 0 Å². The Balaban J connectivity index is 1.67. The maximum absolute atomic E-state index is 14.5. The Kier molecular flexibility index (Phi) is 5.83. The van der Waals surface area contributed by atoms with Gasteiger partial charge in [-0.05, 0) is 37.0 Å². The van der Waals surface area contributed by atoms with Gasteiger partial charge in [0.1, 0.15) is 17.9 Å². The van der Waals surface area contributed by atoms with E-state index >= 15 is 0 Å². The summed E-state index contributed by atoms with van der Waals surface area (Å²) in [6, 6.07) is 5.32. The van der Waals surface area contributed by atoms with Crippen LogP contribution in [-0.4, -0.2) is 53.6 Å². The molecule has 1 aromatic rings. The van der Waals surface area contributed by atoms with Gasteiger partial charge in [0.15, 0.2) is 0 Å². The number of hydrogen-bond acceptors (Lipinski definition) is 4. The molecule has 26 heavy (non-hydrogen) atoms. The third-order valence-electron chi connectivity index (χ3n) is 4.83. The quantitative estimate of drug-likeness (QED) is 0.764. The summed E-state index contributed by atoms with van der Waals surface area (Å²) in [5.41, 5.74) is 0.461. The summed E-state index contributed by atoms with van der Waals surface area (Å²) in [7, 11) is 0. The number of nitrogens with zero attached hydrogens (tertiary/aromatic N) is 1. The van der Waals surface area contributed by atoms with Crippen molar-refractivity contribution in [3.8, 4) is 0 Å². The number of ether oxygens (including phenoxy) is 1. The first kappa shape index (κ1) is 18.7. The normalized spacial score (nSPS) is 25.9. The lowest BCUT2D eigenvalue weighted by molar-refractivity contribution is -0.172. The first-order valence-corrected chi connectivity index (χ1v) is 8.72. The molecule has 2 fully saturated rings. The molecule has 0 saturated carbocycles. The molecule has 0 spiro atoms. The lowest BCUT2D eigenvalue weighted by Gasteiger charge is -2.42. The van der Waals surface area contributed by atoms with E-state index in [-0.39, 0.29) is 18.9 Å². The summed E-state index contributed by atoms with van der Waals surface area (Å²) in [5.74, 6) is -2.93. The molecule has 0 aromatic heterocycles. The van der Waals surface area contributed by atoms with Crippen molar-refractivity contribution in [2.24, 2.45) is 5.92 Å². The van der Waals surface area contributed by atoms with E-state index in [9.17, 15) is 23.5 Å². The number of carbonyl (C=O) groups is 2. The van der Waals surface area contributed by atoms with Crippen molar-refractivity contribution < 1.29 is 28.2 Å². The van der Waals surface area contributed by atoms with Gasteiger partial charge in [0, 0.05) is 25.7 Å². The van der Waals surface area contributed by atoms with Crippen LogP contribution in [0.25, 0.3) is 0 Å². The summed E-state index contributed by atoms with van der Waals surface area (Å²) in [4.78, 5) is 26.1. The lowest BCUT2D eigenvalue weighted by Crippen LogP contribution is -2.64. The number of halogens is 2. The molecule has 142 valence electrons. The monoisotopic (exact) mass is 368 g/mol. The van der Waals surface area contributed by atoms with Crippen molar-refractivity contribution in [1.29, 1.82) is 0 Å². The van der Waals surface area contributed by atoms with Crippen LogP contribution in [0.5, 0.6) is 0 Å². The number of benzene rings is 1. The van der Waals surface area contributed by atoms with Crippen molar-refractivity contribution in [1.82, 2.24) is 10.2 Å². The first-order chi connectivity index (χ1) is 12.5. The van der Waals surface area contributed by atoms with Crippen LogP contribution in [0.4, 0.5) is 8.78 Å². The second-order valence-corrected chi connectivity index (χ2v) is 6.69. The fourth-order valence-corrected chi connectivity index (χ4v) is 3.52. The predicted octanol–water partition coefficient (Wildman–Crippen LogP) is 1.13. The third-order valence-corrected chi connectivity index (χ3v) is 4.83. The zero-order valence-corrected chi connectivity index (χ0v) is 14.2. The van der Waals surface area contributed by atoms with E-state index in [1.54, 1.807) is 6.07 Å². The molecule has 0 radical (unpaired) electrons. The number of aliphatic hydroxyl groups is 1. The summed E-state index contributed by atoms with van der Waals surface area (Å²) < 4.78 is 32.9. The number of nitrogens with one attached hydrogen (secondary N) is 1. The van der Waals surface area contributed by atoms with Gasteiger partial charge in [-0.3, -0.25) is 14.5 Å². The predicted molar refractivity (Wildman–Crippen MR) is 87.9 cm³/mol. The van der Waals surface area contributed by atoms with Gasteiger partial charge in [0.05, 0.1) is 0 Å². The highest BCUT2D eigenvalue weighted by Crippen LogP contribution is 2.25. The van der Waals surface area contributed by atoms with Gasteiger partial charge in [-0.15, -0.1) is 0 Å². The van der Waals surface area contributed by atoms with Gasteiger partial charge >= 0.3 is 0 Å². The average Bonchev–Trinajstić information content (AvgIpc) is 2.59. The zero-order chi connectivity index (χ0) is 18.7. The topological polar surface area (TPSA) is 78.9 Å². The van der Waals surface area contributed by atoms with Crippen molar-refractivity contribution in [2.75, 3.05) is 13.2 Å². The van der Waals surface area contributed by atoms with Crippen molar-refractivity contribution >= 4 is 11.8 Å². The molecule has 0 bridgehead atoms. The highest BCUT2D eigenvalue weighted by molar-refractivity contribution is 6.02. The maximum atomic E-state index is 14.5. The standard InChI is InChI=1S/C18H22F2N2O4/c19-12-3-1-2-11(8-12)9-13(20)10-15-16(23)21-18(25)22(17(15)24)14-4-6-26-7-5-14/h1-3,8,13-15,18,25H,4-7,9-10H2,(H,21,23)/t13-,15?,18?/m0/s1. The van der Waals surface area contributed by atoms with Crippen LogP contribution in [0, 0.1) is 11.7 Å². The van der Waals surface area contributed by atoms with Gasteiger partial charge < -0.3 is 15.2 Å². The minimum atomic E-state index is -1.48. The van der Waals surface area contributed by atoms with E-state index in [1.165, 1.54) is 23.1 Å². The SMILES string of the molecule is O=C1NC(O)N(C2CCOCC2)C(=O)C1C[C@@H](F)Cc1cccc(F)c1. The molecule has 6 nitrogen and oxygen atoms in total. The molecule has 2 unspecified atom stereocenters. The molecule has 3 rings (SSSR count). The summed E-state index contributed by atoms with van der Waals surface area (Å²) in [6.07, 6.45) is -2.19. The molecule has 0 aliphatic carbocycles. The Morgan fingerprint density at radius 2 is 2.04 bits per heavy atom. The molecule has 8 heteroatoms. The second-order valence-electron chi connectivity index (χ2n) is 6.69. The molecule has 3 atom stereocenters. The van der Waals surface area contributed by atoms with Gasteiger partial charge in [-0.25, -0.2) is 8.78 Å². The van der Waals surface area contributed by atoms with Crippen LogP contribution in [0.15, 0.2) is 24.3 Å². The van der Waals surface area contributed by atoms with Crippen LogP contribution in [0.1, 0.15) is 24.8 Å². The van der Waals surface area contributed by atoms with E-state index in [1.807, 2.05) is 0 Å². The summed E-state index contributed by atoms with van der Waals surface area (Å²) in [6.45, 7) is 0.927. The van der Waals surface area contributed by atoms with E-state index in [0.29, 0.717) is 31.6 Å². The number of hydrogen-bond donors (Lipinski definition) is 2. The van der Waals surface area contributed by atoms with E-state index in [2.05, 4.69) is 5.32 Å². The fraction of sp³-hybridized carbons (Fsp3) is 0.556. The van der Waals surface area contributed by atoms with Crippen LogP contribution < -0.4 is 5.32 Å². The molecule has 2 aliphatic heterocycles. The smallest absolute Gasteiger partial charge is 0.238 e. The van der Waals surface area contributed by atoms with Crippen LogP contribution in [0.2, 0.25) is 0 Å². The Morgan fingerprint density at radius 1 is 1.31 bits per heavy atom. The Labute approximate surface area is 150 Å². The average molecular weight is 368 g/mol. The molecule has 2 saturated heterocycles. The highest BCUT2D eigenvalue weighted by Gasteiger charge is 2.44. The highest BCUT2D eigenvalue weighted by atomic mass is 19.1. The number of alkyl halides is 1. The molecule has 1 aromatic carbocycles. The van der Waals surface area contributed by atoms with Gasteiger partial charge in [0.2, 0.25) is 18.2 Å². The number of amides is 2. The third kappa shape index (κ3) is 4.19. The van der Waals surface area contributed by atoms with Crippen molar-refractivity contribution in [2.45, 2.75) is 44.2 Å². The Bertz CT molecular complexity index is 666. The minimum Gasteiger partial charge on any atom is -0.381 e. The minimum absolute atomic E-state index is 0.0886. The number of aliphatic hydroxyl groups excluding tert-OH is 1. The number of rotatable bonds is 5. The molecular formula is C18H22F2N2O4. The Morgan fingerprint density at radius 3 is 2.73 bits per heavy atom. The van der Waals surface area contributed by atoms with E-state index < -0.39 is 36.1 Å². The molecule has 2 heterocycles. The molecule has 2 aliphatic rings. The first-order valence-electron chi connectivity index (χ1n) is 8.72. The maximum Gasteiger partial charge on any atom is 0.238 e. The fourth-order valence-electron chi connectivity index (χ4n) is 3.52. The largest absolute Gasteiger partial charge is 0.381 e. The Hall–Kier alpha value is -2.06. The van der Waals surface area contributed by atoms with Crippen LogP contribution in [-0.2, 0) is 20.7 Å². The van der Waals surface area contributed by atoms with Crippen molar-refractivity contribution in [3.63, 3.8) is 0 Å². The lowest BCUT2D eigenvalue weighted by atomic mass is 9.93.